The van der Waals surface area contributed by atoms with E-state index in [0.717, 1.165) is 12.1 Å². The molecule has 2 aliphatic carbocycles. The normalized spacial score (nSPS) is 16.1. The first-order valence-corrected chi connectivity index (χ1v) is 17.5. The summed E-state index contributed by atoms with van der Waals surface area (Å²) in [7, 11) is -5.87. The third-order valence-corrected chi connectivity index (χ3v) is 11.5. The largest absolute Gasteiger partial charge is 0.584 e. The number of hydrogen-bond acceptors (Lipinski definition) is 3. The van der Waals surface area contributed by atoms with Crippen LogP contribution in [0.3, 0.4) is 0 Å². The van der Waals surface area contributed by atoms with Gasteiger partial charge in [0, 0.05) is 27.7 Å². The van der Waals surface area contributed by atoms with Gasteiger partial charge in [0.1, 0.15) is 23.1 Å². The van der Waals surface area contributed by atoms with Crippen LogP contribution in [-0.2, 0) is 22.8 Å². The molecule has 0 unspecified atom stereocenters. The summed E-state index contributed by atoms with van der Waals surface area (Å²) in [4.78, 5) is 11.1. The highest BCUT2D eigenvalue weighted by Gasteiger charge is 2.53. The fourth-order valence-corrected chi connectivity index (χ4v) is 9.31. The van der Waals surface area contributed by atoms with Crippen molar-refractivity contribution in [3.63, 3.8) is 0 Å². The van der Waals surface area contributed by atoms with Crippen molar-refractivity contribution in [2.24, 2.45) is 0 Å². The molecule has 3 aliphatic rings. The van der Waals surface area contributed by atoms with Gasteiger partial charge in [0.25, 0.3) is 0 Å². The molecule has 19 heteroatoms. The van der Waals surface area contributed by atoms with Gasteiger partial charge in [0.2, 0.25) is 0 Å². The average molecular weight is 818 g/mol. The Morgan fingerprint density at radius 2 is 0.750 bits per heavy atom. The summed E-state index contributed by atoms with van der Waals surface area (Å²) < 4.78 is 235. The van der Waals surface area contributed by atoms with Crippen molar-refractivity contribution in [1.29, 1.82) is 0 Å². The van der Waals surface area contributed by atoms with Gasteiger partial charge in [-0.05, 0) is 36.8 Å². The minimum absolute atomic E-state index is 0.0204. The first kappa shape index (κ1) is 36.3. The summed E-state index contributed by atoms with van der Waals surface area (Å²) in [6, 6.07) is 4.10. The van der Waals surface area contributed by atoms with Crippen molar-refractivity contribution < 1.29 is 80.0 Å². The number of phosphoric acid groups is 1. The van der Waals surface area contributed by atoms with Crippen LogP contribution in [0.25, 0.3) is 43.8 Å². The summed E-state index contributed by atoms with van der Waals surface area (Å²) in [5, 5.41) is -7.59. The van der Waals surface area contributed by atoms with E-state index in [9.17, 15) is 44.6 Å². The summed E-state index contributed by atoms with van der Waals surface area (Å²) >= 11 is 0. The molecule has 9 rings (SSSR count). The van der Waals surface area contributed by atoms with E-state index < -0.39 is 150 Å². The van der Waals surface area contributed by atoms with E-state index >= 15 is 26.3 Å². The topological polar surface area (TPSA) is 55.8 Å². The Bertz CT molecular complexity index is 2740. The van der Waals surface area contributed by atoms with E-state index in [1.165, 1.54) is 12.1 Å². The maximum atomic E-state index is 16.2. The zero-order chi connectivity index (χ0) is 40.2. The molecule has 0 radical (unpaired) electrons. The molecular weight excluding hydrogens is 805 g/mol. The quantitative estimate of drug-likeness (QED) is 0.0818. The second-order valence-corrected chi connectivity index (χ2v) is 14.6. The zero-order valence-electron chi connectivity index (χ0n) is 27.0. The molecular formula is C37H13F14O4P. The van der Waals surface area contributed by atoms with Crippen LogP contribution in [0.5, 0.6) is 11.5 Å². The van der Waals surface area contributed by atoms with Crippen LogP contribution in [0.15, 0.2) is 24.3 Å². The fourth-order valence-electron chi connectivity index (χ4n) is 8.43. The highest BCUT2D eigenvalue weighted by atomic mass is 31.2. The lowest BCUT2D eigenvalue weighted by molar-refractivity contribution is 0.281. The van der Waals surface area contributed by atoms with Crippen molar-refractivity contribution in [2.45, 2.75) is 31.1 Å². The van der Waals surface area contributed by atoms with Crippen molar-refractivity contribution in [3.8, 4) is 33.8 Å². The molecule has 0 amide bonds. The van der Waals surface area contributed by atoms with Crippen LogP contribution < -0.4 is 9.05 Å². The molecule has 6 aromatic rings. The molecule has 0 saturated heterocycles. The van der Waals surface area contributed by atoms with Crippen LogP contribution in [0.2, 0.25) is 0 Å². The second kappa shape index (κ2) is 11.6. The first-order valence-electron chi connectivity index (χ1n) is 16.0. The third kappa shape index (κ3) is 4.39. The van der Waals surface area contributed by atoms with E-state index in [0.29, 0.717) is 0 Å². The van der Waals surface area contributed by atoms with Gasteiger partial charge in [0.05, 0.1) is 32.7 Å². The fraction of sp³-hybridized carbons (Fsp3) is 0.135. The molecule has 0 saturated carbocycles. The smallest absolute Gasteiger partial charge is 0.394 e. The molecule has 288 valence electrons. The number of benzene rings is 6. The van der Waals surface area contributed by atoms with Gasteiger partial charge in [-0.1, -0.05) is 24.3 Å². The van der Waals surface area contributed by atoms with Crippen LogP contribution >= 0.6 is 7.82 Å². The highest BCUT2D eigenvalue weighted by molar-refractivity contribution is 7.48. The van der Waals surface area contributed by atoms with Gasteiger partial charge >= 0.3 is 7.82 Å². The Labute approximate surface area is 302 Å². The Morgan fingerprint density at radius 3 is 1.09 bits per heavy atom. The Balaban J connectivity index is 1.36. The molecule has 1 heterocycles. The SMILES string of the molecule is O=P1(O)Oc2c(-c3c(F)c(F)c4c(F)c(F)c(F)c(F)c4c3F)ccc3c2C2(CC3)CCc3ccc(-c4c(F)c(F)c5c(F)c(F)c(F)c(F)c5c4F)c(c32)O1. The number of halogens is 14. The molecule has 0 atom stereocenters. The lowest BCUT2D eigenvalue weighted by Gasteiger charge is -2.34. The molecule has 4 nitrogen and oxygen atoms in total. The van der Waals surface area contributed by atoms with Crippen LogP contribution in [0.1, 0.15) is 35.1 Å². The predicted molar refractivity (Wildman–Crippen MR) is 167 cm³/mol. The van der Waals surface area contributed by atoms with Gasteiger partial charge in [-0.15, -0.1) is 0 Å². The zero-order valence-corrected chi connectivity index (χ0v) is 27.9. The molecule has 56 heavy (non-hydrogen) atoms. The van der Waals surface area contributed by atoms with Crippen molar-refractivity contribution in [3.05, 3.63) is 128 Å². The van der Waals surface area contributed by atoms with Gasteiger partial charge < -0.3 is 9.05 Å². The first-order chi connectivity index (χ1) is 26.3. The summed E-state index contributed by atoms with van der Waals surface area (Å²) in [6.45, 7) is 0. The number of hydrogen-bond donors (Lipinski definition) is 1. The lowest BCUT2D eigenvalue weighted by atomic mass is 9.74. The van der Waals surface area contributed by atoms with E-state index in [2.05, 4.69) is 0 Å². The Hall–Kier alpha value is -5.35. The minimum atomic E-state index is -5.87. The van der Waals surface area contributed by atoms with E-state index in [1.807, 2.05) is 0 Å². The van der Waals surface area contributed by atoms with Crippen LogP contribution in [0, 0.1) is 81.4 Å². The maximum Gasteiger partial charge on any atom is 0.584 e. The Kier molecular flexibility index (Phi) is 7.52. The Morgan fingerprint density at radius 1 is 0.446 bits per heavy atom. The molecule has 0 fully saturated rings. The molecule has 6 aromatic carbocycles. The number of rotatable bonds is 2. The average Bonchev–Trinajstić information content (AvgIpc) is 3.72. The third-order valence-electron chi connectivity index (χ3n) is 10.7. The summed E-state index contributed by atoms with van der Waals surface area (Å²) in [5.41, 5.74) is -6.40. The summed E-state index contributed by atoms with van der Waals surface area (Å²) in [5.74, 6) is -35.6. The second-order valence-electron chi connectivity index (χ2n) is 13.3. The predicted octanol–water partition coefficient (Wildman–Crippen LogP) is 11.3. The standard InChI is InChI=1S/C37H13F14O4P/c38-21-13(23(40)25(42)17-15(21)27(44)31(48)33(50)29(17)46)11-3-1-9-5-7-37-8-6-10-2-4-12(36(20(10)37)55-56(52,53)54-35(11)19(9)37)14-22(39)16-18(26(43)24(14)41)30(47)34(51)32(49)28(16)45/h1-4H,5-8H2,(H,52,53). The van der Waals surface area contributed by atoms with E-state index in [4.69, 9.17) is 9.05 Å². The van der Waals surface area contributed by atoms with Crippen molar-refractivity contribution in [1.82, 2.24) is 0 Å². The molecule has 1 aliphatic heterocycles. The van der Waals surface area contributed by atoms with Gasteiger partial charge in [-0.2, -0.15) is 0 Å². The van der Waals surface area contributed by atoms with E-state index in [-0.39, 0.29) is 47.9 Å². The number of aryl methyl sites for hydroxylation is 2. The van der Waals surface area contributed by atoms with Crippen molar-refractivity contribution in [2.75, 3.05) is 0 Å². The number of phosphoric ester groups is 1. The molecule has 1 spiro atoms. The maximum absolute atomic E-state index is 16.2. The van der Waals surface area contributed by atoms with Gasteiger partial charge in [-0.25, -0.2) is 66.0 Å². The number of fused-ring (bicyclic) bond motifs is 2. The van der Waals surface area contributed by atoms with Crippen LogP contribution in [-0.4, -0.2) is 4.89 Å². The van der Waals surface area contributed by atoms with Crippen LogP contribution in [0.4, 0.5) is 61.5 Å². The molecule has 0 bridgehead atoms. The van der Waals surface area contributed by atoms with Gasteiger partial charge in [0.15, 0.2) is 69.8 Å². The highest BCUT2D eigenvalue weighted by Crippen LogP contribution is 2.66. The van der Waals surface area contributed by atoms with Crippen molar-refractivity contribution >= 4 is 29.4 Å². The monoisotopic (exact) mass is 818 g/mol. The summed E-state index contributed by atoms with van der Waals surface area (Å²) in [6.07, 6.45) is 0.0323. The lowest BCUT2D eigenvalue weighted by Crippen LogP contribution is -2.25. The minimum Gasteiger partial charge on any atom is -0.394 e. The van der Waals surface area contributed by atoms with Gasteiger partial charge in [-0.3, -0.25) is 4.89 Å². The molecule has 1 N–H and O–H groups in total. The van der Waals surface area contributed by atoms with E-state index in [1.54, 1.807) is 0 Å². The molecule has 0 aromatic heterocycles.